The van der Waals surface area contributed by atoms with Crippen LogP contribution in [0.5, 0.6) is 5.75 Å². The van der Waals surface area contributed by atoms with Gasteiger partial charge in [-0.1, -0.05) is 53.2 Å². The molecule has 1 aromatic heterocycles. The van der Waals surface area contributed by atoms with Gasteiger partial charge >= 0.3 is 11.3 Å². The van der Waals surface area contributed by atoms with Crippen LogP contribution in [-0.2, 0) is 4.79 Å². The number of aromatic nitrogens is 3. The summed E-state index contributed by atoms with van der Waals surface area (Å²) in [5.41, 5.74) is 2.30. The highest BCUT2D eigenvalue weighted by molar-refractivity contribution is 9.10. The minimum absolute atomic E-state index is 0.151. The van der Waals surface area contributed by atoms with E-state index in [0.717, 1.165) is 28.6 Å². The molecule has 0 fully saturated rings. The van der Waals surface area contributed by atoms with E-state index in [0.29, 0.717) is 34.5 Å². The molecule has 2 heterocycles. The molecule has 7 nitrogen and oxygen atoms in total. The number of hydrogen-bond donors (Lipinski definition) is 1. The number of carbonyl (C=O) groups excluding carboxylic acids is 1. The molecule has 9 heteroatoms. The molecule has 1 aliphatic rings. The van der Waals surface area contributed by atoms with Crippen molar-refractivity contribution in [2.45, 2.75) is 44.9 Å². The molecule has 0 radical (unpaired) electrons. The summed E-state index contributed by atoms with van der Waals surface area (Å²) < 4.78 is 8.20. The van der Waals surface area contributed by atoms with Crippen LogP contribution in [0.25, 0.3) is 11.3 Å². The van der Waals surface area contributed by atoms with Crippen LogP contribution < -0.4 is 19.9 Å². The predicted molar refractivity (Wildman–Crippen MR) is 133 cm³/mol. The van der Waals surface area contributed by atoms with Crippen molar-refractivity contribution in [2.24, 2.45) is 0 Å². The molecule has 1 atom stereocenters. The van der Waals surface area contributed by atoms with Gasteiger partial charge in [0.25, 0.3) is 6.17 Å². The number of nitrogens with one attached hydrogen (secondary N) is 1. The van der Waals surface area contributed by atoms with Crippen LogP contribution in [-0.4, -0.2) is 28.3 Å². The normalized spacial score (nSPS) is 14.5. The fraction of sp³-hybridized carbons (Fsp3) is 0.333. The molecule has 2 aromatic carbocycles. The second-order valence-corrected chi connectivity index (χ2v) is 9.59. The summed E-state index contributed by atoms with van der Waals surface area (Å²) >= 11 is 5.16. The van der Waals surface area contributed by atoms with Crippen molar-refractivity contribution in [2.75, 3.05) is 17.3 Å². The first-order valence-corrected chi connectivity index (χ1v) is 12.7. The molecule has 1 N–H and O–H groups in total. The Labute approximate surface area is 205 Å². The Morgan fingerprint density at radius 1 is 1.27 bits per heavy atom. The predicted octanol–water partition coefficient (Wildman–Crippen LogP) is 4.69. The van der Waals surface area contributed by atoms with Crippen LogP contribution in [0.4, 0.5) is 5.69 Å². The number of fused-ring (bicyclic) bond motifs is 3. The Morgan fingerprint density at radius 3 is 2.79 bits per heavy atom. The van der Waals surface area contributed by atoms with Crippen LogP contribution in [0.15, 0.2) is 56.9 Å². The van der Waals surface area contributed by atoms with E-state index in [1.807, 2.05) is 49.4 Å². The number of anilines is 1. The third-order valence-electron chi connectivity index (χ3n) is 5.39. The fourth-order valence-electron chi connectivity index (χ4n) is 3.95. The Morgan fingerprint density at radius 2 is 2.06 bits per heavy atom. The third kappa shape index (κ3) is 4.56. The average molecular weight is 530 g/mol. The van der Waals surface area contributed by atoms with E-state index < -0.39 is 6.17 Å². The molecule has 0 spiro atoms. The Bertz CT molecular complexity index is 1250. The first-order valence-electron chi connectivity index (χ1n) is 11.0. The van der Waals surface area contributed by atoms with E-state index in [4.69, 9.17) is 9.84 Å². The highest BCUT2D eigenvalue weighted by atomic mass is 79.9. The summed E-state index contributed by atoms with van der Waals surface area (Å²) in [4.78, 5) is 30.9. The van der Waals surface area contributed by atoms with E-state index >= 15 is 0 Å². The first-order chi connectivity index (χ1) is 16.0. The molecule has 1 amide bonds. The lowest BCUT2D eigenvalue weighted by atomic mass is 10.0. The molecule has 0 saturated carbocycles. The van der Waals surface area contributed by atoms with Gasteiger partial charge in [-0.2, -0.15) is 0 Å². The largest absolute Gasteiger partial charge is 0.494 e. The lowest BCUT2D eigenvalue weighted by Gasteiger charge is -2.31. The summed E-state index contributed by atoms with van der Waals surface area (Å²) in [6.07, 6.45) is 1.42. The summed E-state index contributed by atoms with van der Waals surface area (Å²) in [7, 11) is 0. The van der Waals surface area contributed by atoms with Crippen molar-refractivity contribution >= 4 is 39.3 Å². The van der Waals surface area contributed by atoms with Crippen molar-refractivity contribution in [3.8, 4) is 17.0 Å². The zero-order chi connectivity index (χ0) is 23.5. The van der Waals surface area contributed by atoms with Gasteiger partial charge in [0.2, 0.25) is 11.1 Å². The van der Waals surface area contributed by atoms with Crippen molar-refractivity contribution in [3.05, 3.63) is 62.9 Å². The van der Waals surface area contributed by atoms with Crippen LogP contribution in [0.3, 0.4) is 0 Å². The molecule has 1 aliphatic heterocycles. The number of para-hydroxylation sites is 1. The second kappa shape index (κ2) is 10.1. The van der Waals surface area contributed by atoms with Crippen LogP contribution in [0, 0.1) is 0 Å². The van der Waals surface area contributed by atoms with Crippen LogP contribution in [0.1, 0.15) is 45.3 Å². The summed E-state index contributed by atoms with van der Waals surface area (Å²) in [5, 5.41) is 5.35. The van der Waals surface area contributed by atoms with Crippen molar-refractivity contribution in [1.29, 1.82) is 0 Å². The van der Waals surface area contributed by atoms with E-state index in [2.05, 4.69) is 27.8 Å². The van der Waals surface area contributed by atoms with Gasteiger partial charge < -0.3 is 4.74 Å². The van der Waals surface area contributed by atoms with E-state index in [-0.39, 0.29) is 11.5 Å². The SMILES string of the molecule is CCCCSc1n[n+]2c(c(=O)[nH]1)-c1ccccc1N(C(C)=O)[C@H]2c1cc(OCC)ccc1Br. The van der Waals surface area contributed by atoms with Gasteiger partial charge in [-0.3, -0.25) is 14.6 Å². The van der Waals surface area contributed by atoms with Crippen molar-refractivity contribution < 1.29 is 14.2 Å². The Balaban J connectivity index is 1.99. The number of nitrogens with zero attached hydrogens (tertiary/aromatic N) is 3. The number of benzene rings is 2. The molecule has 0 unspecified atom stereocenters. The number of carbonyl (C=O) groups is 1. The molecular weight excluding hydrogens is 504 g/mol. The summed E-state index contributed by atoms with van der Waals surface area (Å²) in [6, 6.07) is 13.1. The van der Waals surface area contributed by atoms with Gasteiger partial charge in [0.1, 0.15) is 5.75 Å². The minimum atomic E-state index is -0.657. The number of rotatable bonds is 7. The number of unbranched alkanes of at least 4 members (excludes halogenated alkanes) is 1. The Hall–Kier alpha value is -2.65. The average Bonchev–Trinajstić information content (AvgIpc) is 2.79. The molecule has 0 aliphatic carbocycles. The van der Waals surface area contributed by atoms with E-state index in [9.17, 15) is 9.59 Å². The number of thioether (sulfide) groups is 1. The smallest absolute Gasteiger partial charge is 0.325 e. The lowest BCUT2D eigenvalue weighted by Crippen LogP contribution is -2.60. The van der Waals surface area contributed by atoms with Crippen molar-refractivity contribution in [3.63, 3.8) is 0 Å². The van der Waals surface area contributed by atoms with Gasteiger partial charge in [0, 0.05) is 22.2 Å². The third-order valence-corrected chi connectivity index (χ3v) is 7.06. The molecule has 172 valence electrons. The monoisotopic (exact) mass is 529 g/mol. The molecule has 3 aromatic rings. The second-order valence-electron chi connectivity index (χ2n) is 7.65. The zero-order valence-corrected chi connectivity index (χ0v) is 21.2. The number of ether oxygens (including phenoxy) is 1. The molecule has 0 bridgehead atoms. The lowest BCUT2D eigenvalue weighted by molar-refractivity contribution is -0.763. The first kappa shape index (κ1) is 23.5. The molecule has 33 heavy (non-hydrogen) atoms. The number of hydrogen-bond acceptors (Lipinski definition) is 5. The number of amides is 1. The van der Waals surface area contributed by atoms with Crippen LogP contribution in [0.2, 0.25) is 0 Å². The number of aromatic amines is 1. The maximum absolute atomic E-state index is 13.3. The topological polar surface area (TPSA) is 79.2 Å². The van der Waals surface area contributed by atoms with Crippen LogP contribution >= 0.6 is 27.7 Å². The summed E-state index contributed by atoms with van der Waals surface area (Å²) in [6.45, 7) is 6.09. The van der Waals surface area contributed by atoms with Gasteiger partial charge in [0.15, 0.2) is 0 Å². The number of halogens is 1. The maximum Gasteiger partial charge on any atom is 0.325 e. The van der Waals surface area contributed by atoms with Gasteiger partial charge in [-0.15, -0.1) is 0 Å². The van der Waals surface area contributed by atoms with Crippen molar-refractivity contribution in [1.82, 2.24) is 10.1 Å². The summed E-state index contributed by atoms with van der Waals surface area (Å²) in [5.74, 6) is 1.38. The van der Waals surface area contributed by atoms with Gasteiger partial charge in [0.05, 0.1) is 23.4 Å². The van der Waals surface area contributed by atoms with E-state index in [1.54, 1.807) is 9.58 Å². The Kier molecular flexibility index (Phi) is 7.19. The zero-order valence-electron chi connectivity index (χ0n) is 18.8. The highest BCUT2D eigenvalue weighted by Gasteiger charge is 2.45. The standard InChI is InChI=1S/C24H25BrN4O3S/c1-4-6-13-33-24-26-22(31)21-17-9-7-8-10-20(17)28(15(3)30)23(29(21)27-24)18-14-16(32-5-2)11-12-19(18)25/h7-12,14,23H,4-6,13H2,1-3H3/p+1/t23-/m1/s1. The minimum Gasteiger partial charge on any atom is -0.494 e. The molecule has 4 rings (SSSR count). The number of H-pyrrole nitrogens is 1. The molecular formula is C24H26BrN4O3S+. The maximum atomic E-state index is 13.3. The molecule has 0 saturated heterocycles. The van der Waals surface area contributed by atoms with E-state index in [1.165, 1.54) is 18.7 Å². The highest BCUT2D eigenvalue weighted by Crippen LogP contribution is 2.39. The fourth-order valence-corrected chi connectivity index (χ4v) is 5.34. The van der Waals surface area contributed by atoms with Gasteiger partial charge in [-0.05, 0) is 48.4 Å². The quantitative estimate of drug-likeness (QED) is 0.273. The van der Waals surface area contributed by atoms with Gasteiger partial charge in [-0.25, -0.2) is 4.90 Å².